The molecule has 0 aliphatic carbocycles. The summed E-state index contributed by atoms with van der Waals surface area (Å²) in [6.07, 6.45) is -4.46. The fourth-order valence-corrected chi connectivity index (χ4v) is 2.23. The zero-order chi connectivity index (χ0) is 18.4. The van der Waals surface area contributed by atoms with Gasteiger partial charge in [-0.3, -0.25) is 4.79 Å². The zero-order valence-electron chi connectivity index (χ0n) is 13.6. The number of aryl methyl sites for hydroxylation is 1. The van der Waals surface area contributed by atoms with E-state index in [0.717, 1.165) is 11.1 Å². The predicted octanol–water partition coefficient (Wildman–Crippen LogP) is 3.96. The van der Waals surface area contributed by atoms with Crippen molar-refractivity contribution < 1.29 is 22.7 Å². The van der Waals surface area contributed by atoms with Crippen LogP contribution in [-0.2, 0) is 4.79 Å². The van der Waals surface area contributed by atoms with E-state index in [4.69, 9.17) is 10.5 Å². The van der Waals surface area contributed by atoms with Gasteiger partial charge >= 0.3 is 6.18 Å². The Bertz CT molecular complexity index is 718. The number of anilines is 1. The number of halogens is 3. The molecular weight excluding hydrogens is 333 g/mol. The highest BCUT2D eigenvalue weighted by molar-refractivity contribution is 5.92. The summed E-state index contributed by atoms with van der Waals surface area (Å²) in [4.78, 5) is 12.2. The first kappa shape index (κ1) is 18.8. The van der Waals surface area contributed by atoms with Gasteiger partial charge in [0.05, 0.1) is 5.69 Å². The summed E-state index contributed by atoms with van der Waals surface area (Å²) in [7, 11) is 0. The lowest BCUT2D eigenvalue weighted by Gasteiger charge is -2.16. The van der Waals surface area contributed by atoms with Crippen LogP contribution < -0.4 is 15.8 Å². The maximum absolute atomic E-state index is 12.4. The SMILES string of the molecule is Cc1ccc(NC(=O)CC(N)c2ccccc2)c(OCC(F)(F)F)c1. The van der Waals surface area contributed by atoms with Gasteiger partial charge in [-0.25, -0.2) is 0 Å². The van der Waals surface area contributed by atoms with Gasteiger partial charge in [-0.2, -0.15) is 13.2 Å². The Labute approximate surface area is 143 Å². The molecule has 1 unspecified atom stereocenters. The first-order valence-electron chi connectivity index (χ1n) is 7.65. The summed E-state index contributed by atoms with van der Waals surface area (Å²) in [6.45, 7) is 0.292. The number of carbonyl (C=O) groups excluding carboxylic acids is 1. The summed E-state index contributed by atoms with van der Waals surface area (Å²) in [5, 5.41) is 2.56. The minimum Gasteiger partial charge on any atom is -0.482 e. The van der Waals surface area contributed by atoms with E-state index < -0.39 is 24.7 Å². The third-order valence-electron chi connectivity index (χ3n) is 3.44. The zero-order valence-corrected chi connectivity index (χ0v) is 13.6. The molecule has 0 bridgehead atoms. The van der Waals surface area contributed by atoms with Gasteiger partial charge in [0.15, 0.2) is 6.61 Å². The van der Waals surface area contributed by atoms with Crippen molar-refractivity contribution in [2.45, 2.75) is 25.6 Å². The number of benzene rings is 2. The Kier molecular flexibility index (Phi) is 6.03. The molecule has 25 heavy (non-hydrogen) atoms. The first-order chi connectivity index (χ1) is 11.7. The van der Waals surface area contributed by atoms with Gasteiger partial charge in [0, 0.05) is 12.5 Å². The lowest BCUT2D eigenvalue weighted by atomic mass is 10.0. The van der Waals surface area contributed by atoms with Gasteiger partial charge in [-0.05, 0) is 30.2 Å². The molecule has 134 valence electrons. The van der Waals surface area contributed by atoms with Gasteiger partial charge in [0.2, 0.25) is 5.91 Å². The molecule has 1 amide bonds. The van der Waals surface area contributed by atoms with Gasteiger partial charge in [-0.15, -0.1) is 0 Å². The topological polar surface area (TPSA) is 64.4 Å². The summed E-state index contributed by atoms with van der Waals surface area (Å²) < 4.78 is 41.9. The van der Waals surface area contributed by atoms with Crippen LogP contribution in [0.25, 0.3) is 0 Å². The van der Waals surface area contributed by atoms with Crippen molar-refractivity contribution in [1.29, 1.82) is 0 Å². The minimum atomic E-state index is -4.46. The van der Waals surface area contributed by atoms with Crippen LogP contribution in [0.2, 0.25) is 0 Å². The van der Waals surface area contributed by atoms with Crippen LogP contribution in [0.3, 0.4) is 0 Å². The highest BCUT2D eigenvalue weighted by Crippen LogP contribution is 2.28. The Hall–Kier alpha value is -2.54. The normalized spacial score (nSPS) is 12.5. The average Bonchev–Trinajstić information content (AvgIpc) is 2.55. The summed E-state index contributed by atoms with van der Waals surface area (Å²) in [5.41, 5.74) is 7.69. The smallest absolute Gasteiger partial charge is 0.422 e. The second kappa shape index (κ2) is 8.02. The Morgan fingerprint density at radius 3 is 2.52 bits per heavy atom. The molecular formula is C18H19F3N2O2. The molecule has 0 radical (unpaired) electrons. The second-order valence-electron chi connectivity index (χ2n) is 5.67. The van der Waals surface area contributed by atoms with Crippen molar-refractivity contribution in [3.05, 3.63) is 59.7 Å². The van der Waals surface area contributed by atoms with Crippen molar-refractivity contribution in [2.24, 2.45) is 5.73 Å². The van der Waals surface area contributed by atoms with Gasteiger partial charge in [-0.1, -0.05) is 36.4 Å². The number of hydrogen-bond donors (Lipinski definition) is 2. The molecule has 0 fully saturated rings. The molecule has 0 aliphatic heterocycles. The van der Waals surface area contributed by atoms with Crippen LogP contribution in [0, 0.1) is 6.92 Å². The standard InChI is InChI=1S/C18H19F3N2O2/c1-12-7-8-15(16(9-12)25-11-18(19,20)21)23-17(24)10-14(22)13-5-3-2-4-6-13/h2-9,14H,10-11,22H2,1H3,(H,23,24). The van der Waals surface area contributed by atoms with Crippen LogP contribution in [0.5, 0.6) is 5.75 Å². The minimum absolute atomic E-state index is 0.00337. The number of carbonyl (C=O) groups is 1. The average molecular weight is 352 g/mol. The second-order valence-corrected chi connectivity index (χ2v) is 5.67. The van der Waals surface area contributed by atoms with E-state index in [0.29, 0.717) is 0 Å². The van der Waals surface area contributed by atoms with E-state index in [-0.39, 0.29) is 17.9 Å². The van der Waals surface area contributed by atoms with E-state index in [1.54, 1.807) is 13.0 Å². The lowest BCUT2D eigenvalue weighted by Crippen LogP contribution is -2.22. The fourth-order valence-electron chi connectivity index (χ4n) is 2.23. The number of rotatable bonds is 6. The maximum atomic E-state index is 12.4. The van der Waals surface area contributed by atoms with Crippen LogP contribution in [0.4, 0.5) is 18.9 Å². The van der Waals surface area contributed by atoms with E-state index in [2.05, 4.69) is 5.32 Å². The van der Waals surface area contributed by atoms with E-state index in [1.165, 1.54) is 12.1 Å². The fraction of sp³-hybridized carbons (Fsp3) is 0.278. The molecule has 4 nitrogen and oxygen atoms in total. The number of nitrogens with one attached hydrogen (secondary N) is 1. The summed E-state index contributed by atoms with van der Waals surface area (Å²) in [5.74, 6) is -0.434. The Balaban J connectivity index is 2.04. The van der Waals surface area contributed by atoms with Crippen LogP contribution >= 0.6 is 0 Å². The van der Waals surface area contributed by atoms with E-state index >= 15 is 0 Å². The molecule has 0 saturated carbocycles. The molecule has 1 atom stereocenters. The van der Waals surface area contributed by atoms with Crippen molar-refractivity contribution >= 4 is 11.6 Å². The van der Waals surface area contributed by atoms with Crippen molar-refractivity contribution in [3.63, 3.8) is 0 Å². The molecule has 0 aromatic heterocycles. The molecule has 3 N–H and O–H groups in total. The number of amides is 1. The van der Waals surface area contributed by atoms with Gasteiger partial charge in [0.1, 0.15) is 5.75 Å². The van der Waals surface area contributed by atoms with Crippen molar-refractivity contribution in [1.82, 2.24) is 0 Å². The van der Waals surface area contributed by atoms with Crippen LogP contribution in [0.1, 0.15) is 23.6 Å². The number of hydrogen-bond acceptors (Lipinski definition) is 3. The summed E-state index contributed by atoms with van der Waals surface area (Å²) in [6, 6.07) is 13.2. The van der Waals surface area contributed by atoms with Crippen molar-refractivity contribution in [3.8, 4) is 5.75 Å². The Morgan fingerprint density at radius 1 is 1.20 bits per heavy atom. The molecule has 2 aromatic rings. The lowest BCUT2D eigenvalue weighted by molar-refractivity contribution is -0.153. The van der Waals surface area contributed by atoms with E-state index in [1.807, 2.05) is 30.3 Å². The first-order valence-corrected chi connectivity index (χ1v) is 7.65. The highest BCUT2D eigenvalue weighted by Gasteiger charge is 2.29. The van der Waals surface area contributed by atoms with Gasteiger partial charge in [0.25, 0.3) is 0 Å². The number of nitrogens with two attached hydrogens (primary N) is 1. The molecule has 7 heteroatoms. The predicted molar refractivity (Wildman–Crippen MR) is 89.3 cm³/mol. The number of ether oxygens (including phenoxy) is 1. The monoisotopic (exact) mass is 352 g/mol. The molecule has 0 heterocycles. The summed E-state index contributed by atoms with van der Waals surface area (Å²) >= 11 is 0. The number of alkyl halides is 3. The maximum Gasteiger partial charge on any atom is 0.422 e. The largest absolute Gasteiger partial charge is 0.482 e. The molecule has 0 saturated heterocycles. The molecule has 0 spiro atoms. The highest BCUT2D eigenvalue weighted by atomic mass is 19.4. The third kappa shape index (κ3) is 6.11. The molecule has 0 aliphatic rings. The quantitative estimate of drug-likeness (QED) is 0.827. The third-order valence-corrected chi connectivity index (χ3v) is 3.44. The van der Waals surface area contributed by atoms with Crippen molar-refractivity contribution in [2.75, 3.05) is 11.9 Å². The molecule has 2 aromatic carbocycles. The van der Waals surface area contributed by atoms with Crippen LogP contribution in [0.15, 0.2) is 48.5 Å². The molecule has 2 rings (SSSR count). The van der Waals surface area contributed by atoms with Gasteiger partial charge < -0.3 is 15.8 Å². The van der Waals surface area contributed by atoms with E-state index in [9.17, 15) is 18.0 Å². The van der Waals surface area contributed by atoms with Crippen LogP contribution in [-0.4, -0.2) is 18.7 Å². The Morgan fingerprint density at radius 2 is 1.88 bits per heavy atom.